The van der Waals surface area contributed by atoms with E-state index in [0.29, 0.717) is 12.4 Å². The third-order valence-corrected chi connectivity index (χ3v) is 5.61. The molecule has 2 N–H and O–H groups in total. The molecule has 31 heavy (non-hydrogen) atoms. The smallest absolute Gasteiger partial charge is 0.213 e. The Bertz CT molecular complexity index is 846. The number of nitrogens with zero attached hydrogens (tertiary/aromatic N) is 4. The van der Waals surface area contributed by atoms with E-state index in [1.165, 1.54) is 11.3 Å². The van der Waals surface area contributed by atoms with Crippen molar-refractivity contribution in [1.29, 1.82) is 0 Å². The highest BCUT2D eigenvalue weighted by Crippen LogP contribution is 2.22. The van der Waals surface area contributed by atoms with Crippen LogP contribution in [0.2, 0.25) is 0 Å². The zero-order valence-electron chi connectivity index (χ0n) is 19.7. The van der Waals surface area contributed by atoms with Crippen molar-refractivity contribution in [3.8, 4) is 0 Å². The number of oxazole rings is 1. The van der Waals surface area contributed by atoms with Crippen LogP contribution in [0.5, 0.6) is 0 Å². The van der Waals surface area contributed by atoms with Crippen LogP contribution in [-0.2, 0) is 12.0 Å². The normalized spacial score (nSPS) is 15.9. The van der Waals surface area contributed by atoms with Gasteiger partial charge < -0.3 is 20.0 Å². The van der Waals surface area contributed by atoms with Gasteiger partial charge in [-0.15, -0.1) is 0 Å². The highest BCUT2D eigenvalue weighted by Gasteiger charge is 2.19. The summed E-state index contributed by atoms with van der Waals surface area (Å²) in [7, 11) is 1.79. The highest BCUT2D eigenvalue weighted by molar-refractivity contribution is 5.79. The standard InChI is InChI=1S/C24H38N6O/c1-19-8-6-9-20(16-19)30-14-12-29(13-15-30)11-7-10-26-23(25-5)28-18-22-27-17-21(31-22)24(2,3)4/h6,8-9,16-17H,7,10-15,18H2,1-5H3,(H2,25,26,28). The molecule has 7 heteroatoms. The van der Waals surface area contributed by atoms with E-state index in [2.05, 4.69) is 82.4 Å². The molecule has 1 aromatic heterocycles. The molecule has 0 radical (unpaired) electrons. The van der Waals surface area contributed by atoms with Crippen molar-refractivity contribution in [2.75, 3.05) is 51.2 Å². The Morgan fingerprint density at radius 2 is 1.94 bits per heavy atom. The number of aryl methyl sites for hydroxylation is 1. The van der Waals surface area contributed by atoms with Gasteiger partial charge in [0.05, 0.1) is 12.7 Å². The molecule has 170 valence electrons. The summed E-state index contributed by atoms with van der Waals surface area (Å²) in [6, 6.07) is 8.80. The second kappa shape index (κ2) is 10.7. The maximum absolute atomic E-state index is 5.83. The highest BCUT2D eigenvalue weighted by atomic mass is 16.4. The van der Waals surface area contributed by atoms with Crippen molar-refractivity contribution in [3.63, 3.8) is 0 Å². The van der Waals surface area contributed by atoms with E-state index < -0.39 is 0 Å². The van der Waals surface area contributed by atoms with E-state index in [4.69, 9.17) is 4.42 Å². The molecule has 0 saturated carbocycles. The molecule has 1 saturated heterocycles. The minimum atomic E-state index is -0.0311. The van der Waals surface area contributed by atoms with Gasteiger partial charge in [-0.1, -0.05) is 32.9 Å². The molecule has 0 bridgehead atoms. The molecule has 0 aliphatic carbocycles. The SMILES string of the molecule is CN=C(NCCCN1CCN(c2cccc(C)c2)CC1)NCc1ncc(C(C)(C)C)o1. The molecule has 0 atom stereocenters. The number of hydrogen-bond acceptors (Lipinski definition) is 5. The fourth-order valence-electron chi connectivity index (χ4n) is 3.68. The molecule has 0 spiro atoms. The van der Waals surface area contributed by atoms with Gasteiger partial charge >= 0.3 is 0 Å². The summed E-state index contributed by atoms with van der Waals surface area (Å²) >= 11 is 0. The van der Waals surface area contributed by atoms with Gasteiger partial charge in [0.1, 0.15) is 5.76 Å². The molecular weight excluding hydrogens is 388 g/mol. The Kier molecular flexibility index (Phi) is 7.96. The van der Waals surface area contributed by atoms with E-state index in [-0.39, 0.29) is 5.41 Å². The fraction of sp³-hybridized carbons (Fsp3) is 0.583. The lowest BCUT2D eigenvalue weighted by molar-refractivity contribution is 0.255. The number of anilines is 1. The van der Waals surface area contributed by atoms with Crippen molar-refractivity contribution in [3.05, 3.63) is 47.7 Å². The number of rotatable bonds is 7. The predicted molar refractivity (Wildman–Crippen MR) is 128 cm³/mol. The molecule has 1 aliphatic heterocycles. The van der Waals surface area contributed by atoms with E-state index in [9.17, 15) is 0 Å². The Morgan fingerprint density at radius 3 is 2.58 bits per heavy atom. The van der Waals surface area contributed by atoms with Crippen LogP contribution >= 0.6 is 0 Å². The summed E-state index contributed by atoms with van der Waals surface area (Å²) < 4.78 is 5.83. The van der Waals surface area contributed by atoms with Gasteiger partial charge in [0.15, 0.2) is 5.96 Å². The number of aliphatic imine (C=N–C) groups is 1. The Hall–Kier alpha value is -2.54. The number of aromatic nitrogens is 1. The van der Waals surface area contributed by atoms with Crippen molar-refractivity contribution >= 4 is 11.6 Å². The summed E-state index contributed by atoms with van der Waals surface area (Å²) in [6.07, 6.45) is 2.89. The van der Waals surface area contributed by atoms with E-state index in [1.54, 1.807) is 7.05 Å². The first-order chi connectivity index (χ1) is 14.8. The average molecular weight is 427 g/mol. The van der Waals surface area contributed by atoms with Gasteiger partial charge in [0.25, 0.3) is 0 Å². The van der Waals surface area contributed by atoms with Crippen LogP contribution in [0.1, 0.15) is 44.4 Å². The summed E-state index contributed by atoms with van der Waals surface area (Å²) in [5.41, 5.74) is 2.64. The van der Waals surface area contributed by atoms with Crippen molar-refractivity contribution in [1.82, 2.24) is 20.5 Å². The second-order valence-corrected chi connectivity index (χ2v) is 9.24. The Balaban J connectivity index is 1.32. The molecule has 0 unspecified atom stereocenters. The number of guanidine groups is 1. The monoisotopic (exact) mass is 426 g/mol. The largest absolute Gasteiger partial charge is 0.443 e. The summed E-state index contributed by atoms with van der Waals surface area (Å²) in [5.74, 6) is 2.36. The summed E-state index contributed by atoms with van der Waals surface area (Å²) in [5, 5.41) is 6.67. The van der Waals surface area contributed by atoms with E-state index in [0.717, 1.165) is 57.4 Å². The zero-order chi connectivity index (χ0) is 22.3. The van der Waals surface area contributed by atoms with Crippen molar-refractivity contribution in [2.45, 2.75) is 46.1 Å². The van der Waals surface area contributed by atoms with Crippen LogP contribution < -0.4 is 15.5 Å². The van der Waals surface area contributed by atoms with Crippen LogP contribution in [0.15, 0.2) is 39.9 Å². The van der Waals surface area contributed by atoms with E-state index in [1.807, 2.05) is 6.20 Å². The maximum Gasteiger partial charge on any atom is 0.213 e. The minimum Gasteiger partial charge on any atom is -0.443 e. The Morgan fingerprint density at radius 1 is 1.16 bits per heavy atom. The molecule has 7 nitrogen and oxygen atoms in total. The van der Waals surface area contributed by atoms with Crippen LogP contribution in [0.3, 0.4) is 0 Å². The van der Waals surface area contributed by atoms with Crippen LogP contribution in [0.4, 0.5) is 5.69 Å². The minimum absolute atomic E-state index is 0.0311. The van der Waals surface area contributed by atoms with Gasteiger partial charge in [0, 0.05) is 50.9 Å². The summed E-state index contributed by atoms with van der Waals surface area (Å²) in [4.78, 5) is 13.7. The lowest BCUT2D eigenvalue weighted by Crippen LogP contribution is -2.47. The first-order valence-electron chi connectivity index (χ1n) is 11.3. The molecule has 2 heterocycles. The van der Waals surface area contributed by atoms with Gasteiger partial charge in [-0.2, -0.15) is 0 Å². The predicted octanol–water partition coefficient (Wildman–Crippen LogP) is 3.16. The fourth-order valence-corrected chi connectivity index (χ4v) is 3.68. The van der Waals surface area contributed by atoms with Crippen molar-refractivity contribution in [2.24, 2.45) is 4.99 Å². The first-order valence-corrected chi connectivity index (χ1v) is 11.3. The van der Waals surface area contributed by atoms with Crippen molar-refractivity contribution < 1.29 is 4.42 Å². The van der Waals surface area contributed by atoms with Crippen LogP contribution in [-0.4, -0.2) is 62.2 Å². The van der Waals surface area contributed by atoms with Gasteiger partial charge in [-0.3, -0.25) is 9.89 Å². The molecule has 1 aliphatic rings. The molecule has 1 aromatic carbocycles. The van der Waals surface area contributed by atoms with Crippen LogP contribution in [0.25, 0.3) is 0 Å². The number of benzene rings is 1. The number of nitrogens with one attached hydrogen (secondary N) is 2. The maximum atomic E-state index is 5.83. The lowest BCUT2D eigenvalue weighted by Gasteiger charge is -2.36. The third kappa shape index (κ3) is 6.99. The van der Waals surface area contributed by atoms with Crippen LogP contribution in [0, 0.1) is 6.92 Å². The van der Waals surface area contributed by atoms with Gasteiger partial charge in [-0.05, 0) is 37.6 Å². The molecule has 2 aromatic rings. The molecule has 1 fully saturated rings. The third-order valence-electron chi connectivity index (χ3n) is 5.61. The average Bonchev–Trinajstić information content (AvgIpc) is 3.23. The summed E-state index contributed by atoms with van der Waals surface area (Å²) in [6.45, 7) is 15.4. The quantitative estimate of drug-likeness (QED) is 0.403. The van der Waals surface area contributed by atoms with Gasteiger partial charge in [0.2, 0.25) is 5.89 Å². The number of piperazine rings is 1. The Labute approximate surface area is 186 Å². The van der Waals surface area contributed by atoms with E-state index >= 15 is 0 Å². The topological polar surface area (TPSA) is 68.9 Å². The van der Waals surface area contributed by atoms with Gasteiger partial charge in [-0.25, -0.2) is 4.98 Å². The lowest BCUT2D eigenvalue weighted by atomic mass is 9.94. The second-order valence-electron chi connectivity index (χ2n) is 9.24. The number of hydrogen-bond donors (Lipinski definition) is 2. The molecule has 0 amide bonds. The molecular formula is C24H38N6O. The first kappa shape index (κ1) is 23.1. The zero-order valence-corrected chi connectivity index (χ0v) is 19.7. The molecule has 3 rings (SSSR count).